The van der Waals surface area contributed by atoms with Crippen molar-refractivity contribution in [1.29, 1.82) is 0 Å². The van der Waals surface area contributed by atoms with Crippen LogP contribution in [-0.2, 0) is 6.54 Å². The van der Waals surface area contributed by atoms with Crippen molar-refractivity contribution in [3.63, 3.8) is 0 Å². The molecular formula is C12H19N3. The topological polar surface area (TPSA) is 42.2 Å². The van der Waals surface area contributed by atoms with Gasteiger partial charge in [-0.3, -0.25) is 4.98 Å². The van der Waals surface area contributed by atoms with E-state index in [0.29, 0.717) is 12.0 Å². The number of anilines is 1. The molecule has 1 aromatic heterocycles. The maximum atomic E-state index is 5.70. The van der Waals surface area contributed by atoms with Gasteiger partial charge in [-0.25, -0.2) is 0 Å². The summed E-state index contributed by atoms with van der Waals surface area (Å²) >= 11 is 0. The zero-order valence-electron chi connectivity index (χ0n) is 9.53. The first-order chi connectivity index (χ1) is 7.12. The molecule has 1 aliphatic rings. The Kier molecular flexibility index (Phi) is 2.65. The van der Waals surface area contributed by atoms with E-state index in [4.69, 9.17) is 5.73 Å². The van der Waals surface area contributed by atoms with E-state index in [1.807, 2.05) is 12.3 Å². The van der Waals surface area contributed by atoms with Gasteiger partial charge >= 0.3 is 0 Å². The Morgan fingerprint density at radius 1 is 1.53 bits per heavy atom. The van der Waals surface area contributed by atoms with Gasteiger partial charge in [-0.1, -0.05) is 13.8 Å². The van der Waals surface area contributed by atoms with Crippen molar-refractivity contribution in [1.82, 2.24) is 4.98 Å². The van der Waals surface area contributed by atoms with Gasteiger partial charge in [0.25, 0.3) is 0 Å². The quantitative estimate of drug-likeness (QED) is 0.800. The monoisotopic (exact) mass is 205 g/mol. The molecule has 0 radical (unpaired) electrons. The van der Waals surface area contributed by atoms with Crippen LogP contribution < -0.4 is 10.6 Å². The molecule has 1 fully saturated rings. The molecule has 0 unspecified atom stereocenters. The summed E-state index contributed by atoms with van der Waals surface area (Å²) in [6.45, 7) is 7.36. The second kappa shape index (κ2) is 3.81. The van der Waals surface area contributed by atoms with Crippen molar-refractivity contribution in [3.05, 3.63) is 24.0 Å². The molecular weight excluding hydrogens is 186 g/mol. The van der Waals surface area contributed by atoms with Crippen molar-refractivity contribution in [3.8, 4) is 0 Å². The summed E-state index contributed by atoms with van der Waals surface area (Å²) in [6, 6.07) is 4.11. The van der Waals surface area contributed by atoms with Crippen LogP contribution in [0.4, 0.5) is 5.69 Å². The van der Waals surface area contributed by atoms with Gasteiger partial charge in [0.05, 0.1) is 11.4 Å². The normalized spacial score (nSPS) is 19.5. The Morgan fingerprint density at radius 2 is 2.33 bits per heavy atom. The van der Waals surface area contributed by atoms with Gasteiger partial charge in [0.2, 0.25) is 0 Å². The van der Waals surface area contributed by atoms with Gasteiger partial charge in [0.1, 0.15) is 0 Å². The fourth-order valence-corrected chi connectivity index (χ4v) is 2.19. The third-order valence-corrected chi connectivity index (χ3v) is 3.08. The molecule has 0 bridgehead atoms. The van der Waals surface area contributed by atoms with Crippen molar-refractivity contribution in [2.75, 3.05) is 18.0 Å². The lowest BCUT2D eigenvalue weighted by Gasteiger charge is -2.23. The molecule has 0 saturated carbocycles. The Hall–Kier alpha value is -1.09. The van der Waals surface area contributed by atoms with Crippen molar-refractivity contribution in [2.45, 2.75) is 26.8 Å². The zero-order valence-corrected chi connectivity index (χ0v) is 9.53. The molecule has 1 saturated heterocycles. The summed E-state index contributed by atoms with van der Waals surface area (Å²) in [6.07, 6.45) is 3.05. The molecule has 0 amide bonds. The molecule has 2 heterocycles. The summed E-state index contributed by atoms with van der Waals surface area (Å²) in [5.74, 6) is 0. The first kappa shape index (κ1) is 10.4. The lowest BCUT2D eigenvalue weighted by Crippen LogP contribution is -2.24. The molecule has 0 spiro atoms. The molecule has 1 aromatic rings. The fourth-order valence-electron chi connectivity index (χ4n) is 2.19. The van der Waals surface area contributed by atoms with Crippen LogP contribution in [-0.4, -0.2) is 18.1 Å². The van der Waals surface area contributed by atoms with E-state index in [1.165, 1.54) is 12.1 Å². The molecule has 2 rings (SSSR count). The first-order valence-corrected chi connectivity index (χ1v) is 5.51. The van der Waals surface area contributed by atoms with Crippen LogP contribution in [0, 0.1) is 5.41 Å². The third kappa shape index (κ3) is 2.12. The van der Waals surface area contributed by atoms with Gasteiger partial charge < -0.3 is 10.6 Å². The van der Waals surface area contributed by atoms with Gasteiger partial charge in [-0.15, -0.1) is 0 Å². The number of pyridine rings is 1. The molecule has 15 heavy (non-hydrogen) atoms. The molecule has 82 valence electrons. The lowest BCUT2D eigenvalue weighted by molar-refractivity contribution is 0.418. The predicted molar refractivity (Wildman–Crippen MR) is 62.7 cm³/mol. The summed E-state index contributed by atoms with van der Waals surface area (Å²) in [5, 5.41) is 0. The Morgan fingerprint density at radius 3 is 2.93 bits per heavy atom. The van der Waals surface area contributed by atoms with Crippen LogP contribution in [0.3, 0.4) is 0 Å². The van der Waals surface area contributed by atoms with Crippen molar-refractivity contribution >= 4 is 5.69 Å². The van der Waals surface area contributed by atoms with Crippen LogP contribution >= 0.6 is 0 Å². The zero-order chi connectivity index (χ0) is 10.9. The minimum absolute atomic E-state index is 0.418. The van der Waals surface area contributed by atoms with E-state index < -0.39 is 0 Å². The molecule has 3 nitrogen and oxygen atoms in total. The van der Waals surface area contributed by atoms with Crippen LogP contribution in [0.25, 0.3) is 0 Å². The SMILES string of the molecule is CC1(C)CCN(c2cccnc2CN)C1. The number of hydrogen-bond acceptors (Lipinski definition) is 3. The average molecular weight is 205 g/mol. The molecule has 3 heteroatoms. The van der Waals surface area contributed by atoms with Gasteiger partial charge in [0, 0.05) is 25.8 Å². The predicted octanol–water partition coefficient (Wildman–Crippen LogP) is 1.78. The Balaban J connectivity index is 2.23. The smallest absolute Gasteiger partial charge is 0.0772 e. The van der Waals surface area contributed by atoms with Crippen LogP contribution in [0.5, 0.6) is 0 Å². The van der Waals surface area contributed by atoms with E-state index in [0.717, 1.165) is 18.8 Å². The standard InChI is InChI=1S/C12H19N3/c1-12(2)5-7-15(9-12)11-4-3-6-14-10(11)8-13/h3-4,6H,5,7-9,13H2,1-2H3. The Labute approximate surface area is 91.3 Å². The van der Waals surface area contributed by atoms with Crippen LogP contribution in [0.2, 0.25) is 0 Å². The summed E-state index contributed by atoms with van der Waals surface area (Å²) in [4.78, 5) is 6.72. The minimum atomic E-state index is 0.418. The number of hydrogen-bond donors (Lipinski definition) is 1. The summed E-state index contributed by atoms with van der Waals surface area (Å²) in [5.41, 5.74) is 8.34. The average Bonchev–Trinajstić information content (AvgIpc) is 2.59. The number of aromatic nitrogens is 1. The van der Waals surface area contributed by atoms with Gasteiger partial charge in [-0.05, 0) is 24.0 Å². The highest BCUT2D eigenvalue weighted by atomic mass is 15.2. The molecule has 0 aliphatic carbocycles. The fraction of sp³-hybridized carbons (Fsp3) is 0.583. The highest BCUT2D eigenvalue weighted by Gasteiger charge is 2.30. The largest absolute Gasteiger partial charge is 0.369 e. The minimum Gasteiger partial charge on any atom is -0.369 e. The second-order valence-electron chi connectivity index (χ2n) is 5.01. The maximum absolute atomic E-state index is 5.70. The molecule has 0 atom stereocenters. The van der Waals surface area contributed by atoms with Crippen molar-refractivity contribution in [2.24, 2.45) is 11.1 Å². The van der Waals surface area contributed by atoms with Gasteiger partial charge in [0.15, 0.2) is 0 Å². The number of nitrogens with two attached hydrogens (primary N) is 1. The molecule has 0 aromatic carbocycles. The van der Waals surface area contributed by atoms with Crippen LogP contribution in [0.1, 0.15) is 26.0 Å². The van der Waals surface area contributed by atoms with Crippen LogP contribution in [0.15, 0.2) is 18.3 Å². The highest BCUT2D eigenvalue weighted by molar-refractivity contribution is 5.51. The van der Waals surface area contributed by atoms with Crippen molar-refractivity contribution < 1.29 is 0 Å². The maximum Gasteiger partial charge on any atom is 0.0772 e. The van der Waals surface area contributed by atoms with E-state index in [-0.39, 0.29) is 0 Å². The van der Waals surface area contributed by atoms with Gasteiger partial charge in [-0.2, -0.15) is 0 Å². The second-order valence-corrected chi connectivity index (χ2v) is 5.01. The molecule has 2 N–H and O–H groups in total. The third-order valence-electron chi connectivity index (χ3n) is 3.08. The highest BCUT2D eigenvalue weighted by Crippen LogP contribution is 2.33. The van der Waals surface area contributed by atoms with E-state index in [1.54, 1.807) is 0 Å². The Bertz CT molecular complexity index is 346. The molecule has 1 aliphatic heterocycles. The summed E-state index contributed by atoms with van der Waals surface area (Å²) < 4.78 is 0. The van der Waals surface area contributed by atoms with E-state index in [9.17, 15) is 0 Å². The number of nitrogens with zero attached hydrogens (tertiary/aromatic N) is 2. The first-order valence-electron chi connectivity index (χ1n) is 5.51. The summed E-state index contributed by atoms with van der Waals surface area (Å²) in [7, 11) is 0. The van der Waals surface area contributed by atoms with E-state index >= 15 is 0 Å². The lowest BCUT2D eigenvalue weighted by atomic mass is 9.93. The van der Waals surface area contributed by atoms with E-state index in [2.05, 4.69) is 29.8 Å². The number of rotatable bonds is 2.